The van der Waals surface area contributed by atoms with Crippen molar-refractivity contribution in [2.24, 2.45) is 0 Å². The summed E-state index contributed by atoms with van der Waals surface area (Å²) in [5.74, 6) is 0.266. The van der Waals surface area contributed by atoms with Gasteiger partial charge in [0.25, 0.3) is 0 Å². The van der Waals surface area contributed by atoms with E-state index in [4.69, 9.17) is 9.26 Å². The normalized spacial score (nSPS) is 10.5. The smallest absolute Gasteiger partial charge is 0.337 e. The van der Waals surface area contributed by atoms with E-state index in [0.29, 0.717) is 29.4 Å². The van der Waals surface area contributed by atoms with Crippen molar-refractivity contribution in [2.75, 3.05) is 12.4 Å². The van der Waals surface area contributed by atoms with Gasteiger partial charge in [-0.3, -0.25) is 4.79 Å². The highest BCUT2D eigenvalue weighted by Crippen LogP contribution is 2.20. The number of methoxy groups -OCH3 is 1. The summed E-state index contributed by atoms with van der Waals surface area (Å²) in [6.45, 7) is 1.85. The zero-order valence-electron chi connectivity index (χ0n) is 14.3. The number of aryl methyl sites for hydroxylation is 2. The van der Waals surface area contributed by atoms with Gasteiger partial charge in [0.1, 0.15) is 0 Å². The molecule has 0 aliphatic carbocycles. The second-order valence-electron chi connectivity index (χ2n) is 5.59. The molecular formula is C18H17N3O4S. The molecule has 1 amide bonds. The van der Waals surface area contributed by atoms with Crippen LogP contribution in [-0.4, -0.2) is 29.1 Å². The van der Waals surface area contributed by atoms with Gasteiger partial charge in [-0.25, -0.2) is 4.79 Å². The van der Waals surface area contributed by atoms with Crippen molar-refractivity contribution in [3.05, 3.63) is 52.0 Å². The van der Waals surface area contributed by atoms with Crippen molar-refractivity contribution >= 4 is 28.9 Å². The Balaban J connectivity index is 1.60. The molecule has 2 heterocycles. The van der Waals surface area contributed by atoms with E-state index in [1.807, 2.05) is 23.8 Å². The monoisotopic (exact) mass is 371 g/mol. The number of ether oxygens (including phenoxy) is 1. The average Bonchev–Trinajstić information content (AvgIpc) is 3.32. The van der Waals surface area contributed by atoms with Crippen LogP contribution in [0.25, 0.3) is 11.4 Å². The second kappa shape index (κ2) is 7.92. The van der Waals surface area contributed by atoms with Crippen LogP contribution in [0.15, 0.2) is 39.5 Å². The summed E-state index contributed by atoms with van der Waals surface area (Å²) in [6, 6.07) is 6.91. The Hall–Kier alpha value is -3.00. The Labute approximate surface area is 154 Å². The highest BCUT2D eigenvalue weighted by molar-refractivity contribution is 7.08. The molecule has 2 aromatic heterocycles. The first-order valence-corrected chi connectivity index (χ1v) is 8.85. The third kappa shape index (κ3) is 4.15. The van der Waals surface area contributed by atoms with Gasteiger partial charge in [-0.2, -0.15) is 16.3 Å². The first-order chi connectivity index (χ1) is 12.6. The molecule has 8 heteroatoms. The molecule has 0 aliphatic rings. The van der Waals surface area contributed by atoms with Crippen LogP contribution >= 0.6 is 11.3 Å². The molecule has 26 heavy (non-hydrogen) atoms. The van der Waals surface area contributed by atoms with Crippen molar-refractivity contribution < 1.29 is 18.8 Å². The van der Waals surface area contributed by atoms with Crippen LogP contribution in [0, 0.1) is 6.92 Å². The van der Waals surface area contributed by atoms with Gasteiger partial charge in [-0.05, 0) is 36.1 Å². The van der Waals surface area contributed by atoms with E-state index in [1.165, 1.54) is 7.11 Å². The van der Waals surface area contributed by atoms with Crippen LogP contribution in [-0.2, 0) is 16.0 Å². The lowest BCUT2D eigenvalue weighted by Gasteiger charge is -2.09. The number of esters is 1. The Morgan fingerprint density at radius 1 is 1.31 bits per heavy atom. The van der Waals surface area contributed by atoms with Crippen LogP contribution in [0.2, 0.25) is 0 Å². The van der Waals surface area contributed by atoms with Crippen molar-refractivity contribution in [3.8, 4) is 11.4 Å². The summed E-state index contributed by atoms with van der Waals surface area (Å²) in [7, 11) is 1.31. The molecule has 134 valence electrons. The number of anilines is 1. The highest BCUT2D eigenvalue weighted by Gasteiger charge is 2.13. The fraction of sp³-hybridized carbons (Fsp3) is 0.222. The molecule has 0 unspecified atom stereocenters. The summed E-state index contributed by atoms with van der Waals surface area (Å²) in [4.78, 5) is 28.1. The molecule has 7 nitrogen and oxygen atoms in total. The second-order valence-corrected chi connectivity index (χ2v) is 6.37. The number of carbonyl (C=O) groups is 2. The average molecular weight is 371 g/mol. The zero-order valence-corrected chi connectivity index (χ0v) is 15.1. The molecule has 0 bridgehead atoms. The largest absolute Gasteiger partial charge is 0.465 e. The highest BCUT2D eigenvalue weighted by atomic mass is 32.1. The van der Waals surface area contributed by atoms with Gasteiger partial charge in [-0.1, -0.05) is 11.2 Å². The number of carbonyl (C=O) groups excluding carboxylic acids is 2. The van der Waals surface area contributed by atoms with Gasteiger partial charge >= 0.3 is 5.97 Å². The third-order valence-corrected chi connectivity index (χ3v) is 4.43. The van der Waals surface area contributed by atoms with Crippen molar-refractivity contribution in [1.29, 1.82) is 0 Å². The lowest BCUT2D eigenvalue weighted by Crippen LogP contribution is -2.14. The predicted molar refractivity (Wildman–Crippen MR) is 97.1 cm³/mol. The Kier molecular flexibility index (Phi) is 5.43. The maximum Gasteiger partial charge on any atom is 0.337 e. The minimum Gasteiger partial charge on any atom is -0.465 e. The van der Waals surface area contributed by atoms with Crippen LogP contribution < -0.4 is 5.32 Å². The molecular weight excluding hydrogens is 354 g/mol. The lowest BCUT2D eigenvalue weighted by atomic mass is 10.1. The van der Waals surface area contributed by atoms with Crippen LogP contribution in [0.5, 0.6) is 0 Å². The van der Waals surface area contributed by atoms with Gasteiger partial charge in [0.05, 0.1) is 12.7 Å². The summed E-state index contributed by atoms with van der Waals surface area (Å²) in [5.41, 5.74) is 2.70. The van der Waals surface area contributed by atoms with Gasteiger partial charge in [0.15, 0.2) is 0 Å². The van der Waals surface area contributed by atoms with E-state index in [2.05, 4.69) is 15.5 Å². The topological polar surface area (TPSA) is 94.3 Å². The SMILES string of the molecule is COC(=O)c1ccc(C)c(NC(=O)CCc2nc(-c3ccsc3)no2)c1. The maximum atomic E-state index is 12.2. The lowest BCUT2D eigenvalue weighted by molar-refractivity contribution is -0.116. The van der Waals surface area contributed by atoms with E-state index in [-0.39, 0.29) is 12.3 Å². The standard InChI is InChI=1S/C18H17N3O4S/c1-11-3-4-12(18(23)24-2)9-14(11)19-15(22)5-6-16-20-17(21-25-16)13-7-8-26-10-13/h3-4,7-10H,5-6H2,1-2H3,(H,19,22). The summed E-state index contributed by atoms with van der Waals surface area (Å²) in [5, 5.41) is 10.6. The maximum absolute atomic E-state index is 12.2. The van der Waals surface area contributed by atoms with Gasteiger partial charge in [0, 0.05) is 29.5 Å². The number of rotatable bonds is 6. The zero-order chi connectivity index (χ0) is 18.5. The van der Waals surface area contributed by atoms with Gasteiger partial charge in [-0.15, -0.1) is 0 Å². The number of nitrogens with one attached hydrogen (secondary N) is 1. The van der Waals surface area contributed by atoms with Gasteiger partial charge < -0.3 is 14.6 Å². The van der Waals surface area contributed by atoms with Crippen LogP contribution in [0.3, 0.4) is 0 Å². The first kappa shape index (κ1) is 17.8. The minimum atomic E-state index is -0.452. The van der Waals surface area contributed by atoms with E-state index in [1.54, 1.807) is 29.5 Å². The van der Waals surface area contributed by atoms with Crippen LogP contribution in [0.1, 0.15) is 28.2 Å². The molecule has 0 aliphatic heterocycles. The van der Waals surface area contributed by atoms with E-state index < -0.39 is 5.97 Å². The van der Waals surface area contributed by atoms with Gasteiger partial charge in [0.2, 0.25) is 17.6 Å². The molecule has 0 radical (unpaired) electrons. The number of hydrogen-bond donors (Lipinski definition) is 1. The fourth-order valence-electron chi connectivity index (χ4n) is 2.30. The molecule has 3 rings (SSSR count). The molecule has 0 fully saturated rings. The van der Waals surface area contributed by atoms with Crippen LogP contribution in [0.4, 0.5) is 5.69 Å². The quantitative estimate of drug-likeness (QED) is 0.667. The van der Waals surface area contributed by atoms with Crippen molar-refractivity contribution in [2.45, 2.75) is 19.8 Å². The number of amides is 1. The number of hydrogen-bond acceptors (Lipinski definition) is 7. The summed E-state index contributed by atoms with van der Waals surface area (Å²) < 4.78 is 9.88. The molecule has 0 saturated heterocycles. The molecule has 1 aromatic carbocycles. The number of thiophene rings is 1. The predicted octanol–water partition coefficient (Wildman–Crippen LogP) is 3.46. The Bertz CT molecular complexity index is 918. The Morgan fingerprint density at radius 3 is 2.88 bits per heavy atom. The molecule has 0 saturated carbocycles. The summed E-state index contributed by atoms with van der Waals surface area (Å²) in [6.07, 6.45) is 0.520. The number of nitrogens with zero attached hydrogens (tertiary/aromatic N) is 2. The summed E-state index contributed by atoms with van der Waals surface area (Å²) >= 11 is 1.55. The fourth-order valence-corrected chi connectivity index (χ4v) is 2.93. The van der Waals surface area contributed by atoms with Crippen molar-refractivity contribution in [1.82, 2.24) is 10.1 Å². The van der Waals surface area contributed by atoms with E-state index >= 15 is 0 Å². The number of aromatic nitrogens is 2. The Morgan fingerprint density at radius 2 is 2.15 bits per heavy atom. The third-order valence-electron chi connectivity index (χ3n) is 3.75. The molecule has 0 atom stereocenters. The molecule has 1 N–H and O–H groups in total. The van der Waals surface area contributed by atoms with Crippen molar-refractivity contribution in [3.63, 3.8) is 0 Å². The number of benzene rings is 1. The minimum absolute atomic E-state index is 0.188. The van der Waals surface area contributed by atoms with E-state index in [0.717, 1.165) is 11.1 Å². The van der Waals surface area contributed by atoms with E-state index in [9.17, 15) is 9.59 Å². The molecule has 3 aromatic rings. The first-order valence-electron chi connectivity index (χ1n) is 7.91. The molecule has 0 spiro atoms.